The maximum Gasteiger partial charge on any atom is 0.127 e. The van der Waals surface area contributed by atoms with Crippen LogP contribution in [0.25, 0.3) is 0 Å². The molecule has 0 radical (unpaired) electrons. The van der Waals surface area contributed by atoms with Crippen LogP contribution in [0.4, 0.5) is 4.39 Å². The van der Waals surface area contributed by atoms with E-state index in [0.29, 0.717) is 17.0 Å². The molecule has 17 heavy (non-hydrogen) atoms. The Kier molecular flexibility index (Phi) is 4.20. The maximum atomic E-state index is 13.6. The fraction of sp³-hybridized carbons (Fsp3) is 0.167. The molecule has 1 aromatic carbocycles. The molecule has 0 spiro atoms. The standard InChI is InChI=1S/C12H10BrClFNS/c13-8-4-5-17-12(8)11(16)6-7-9(14)2-1-3-10(7)15/h1-5,11H,6,16H2. The minimum Gasteiger partial charge on any atom is -0.323 e. The van der Waals surface area contributed by atoms with Crippen LogP contribution in [0.3, 0.4) is 0 Å². The zero-order valence-electron chi connectivity index (χ0n) is 8.79. The van der Waals surface area contributed by atoms with Crippen LogP contribution in [0.1, 0.15) is 16.5 Å². The van der Waals surface area contributed by atoms with Gasteiger partial charge in [0.1, 0.15) is 5.82 Å². The van der Waals surface area contributed by atoms with Gasteiger partial charge in [-0.2, -0.15) is 0 Å². The van der Waals surface area contributed by atoms with Crippen LogP contribution in [-0.2, 0) is 6.42 Å². The first-order chi connectivity index (χ1) is 8.09. The molecule has 1 atom stereocenters. The fourth-order valence-corrected chi connectivity index (χ4v) is 3.52. The van der Waals surface area contributed by atoms with Crippen molar-refractivity contribution in [1.82, 2.24) is 0 Å². The zero-order valence-corrected chi connectivity index (χ0v) is 11.9. The smallest absolute Gasteiger partial charge is 0.127 e. The molecule has 0 saturated heterocycles. The van der Waals surface area contributed by atoms with Crippen molar-refractivity contribution in [1.29, 1.82) is 0 Å². The molecule has 90 valence electrons. The molecular weight excluding hydrogens is 325 g/mol. The summed E-state index contributed by atoms with van der Waals surface area (Å²) in [7, 11) is 0. The van der Waals surface area contributed by atoms with Gasteiger partial charge in [0.05, 0.1) is 0 Å². The quantitative estimate of drug-likeness (QED) is 0.876. The number of halogens is 3. The molecule has 0 fully saturated rings. The molecule has 0 bridgehead atoms. The molecule has 2 rings (SSSR count). The molecule has 1 aromatic heterocycles. The summed E-state index contributed by atoms with van der Waals surface area (Å²) in [5.74, 6) is -0.305. The third-order valence-electron chi connectivity index (χ3n) is 2.47. The minimum atomic E-state index is -0.305. The highest BCUT2D eigenvalue weighted by Gasteiger charge is 2.16. The van der Waals surface area contributed by atoms with Gasteiger partial charge in [0.15, 0.2) is 0 Å². The summed E-state index contributed by atoms with van der Waals surface area (Å²) in [6.07, 6.45) is 0.393. The van der Waals surface area contributed by atoms with Gasteiger partial charge in [-0.1, -0.05) is 17.7 Å². The van der Waals surface area contributed by atoms with E-state index in [0.717, 1.165) is 9.35 Å². The van der Waals surface area contributed by atoms with E-state index in [4.69, 9.17) is 17.3 Å². The molecule has 0 aliphatic rings. The van der Waals surface area contributed by atoms with Gasteiger partial charge in [0.25, 0.3) is 0 Å². The molecule has 0 saturated carbocycles. The Hall–Kier alpha value is -0.420. The SMILES string of the molecule is NC(Cc1c(F)cccc1Cl)c1sccc1Br. The van der Waals surface area contributed by atoms with Crippen LogP contribution in [0.15, 0.2) is 34.1 Å². The van der Waals surface area contributed by atoms with Crippen molar-refractivity contribution < 1.29 is 4.39 Å². The number of hydrogen-bond acceptors (Lipinski definition) is 2. The Bertz CT molecular complexity index is 509. The number of nitrogens with two attached hydrogens (primary N) is 1. The van der Waals surface area contributed by atoms with Gasteiger partial charge in [0.2, 0.25) is 0 Å². The molecule has 2 N–H and O–H groups in total. The maximum absolute atomic E-state index is 13.6. The molecule has 5 heteroatoms. The predicted octanol–water partition coefficient (Wildman–Crippen LogP) is 4.55. The van der Waals surface area contributed by atoms with Gasteiger partial charge in [-0.05, 0) is 45.9 Å². The van der Waals surface area contributed by atoms with E-state index in [1.807, 2.05) is 11.4 Å². The average Bonchev–Trinajstić information content (AvgIpc) is 2.70. The summed E-state index contributed by atoms with van der Waals surface area (Å²) in [4.78, 5) is 1.00. The Morgan fingerprint density at radius 2 is 2.18 bits per heavy atom. The van der Waals surface area contributed by atoms with Crippen molar-refractivity contribution in [3.63, 3.8) is 0 Å². The fourth-order valence-electron chi connectivity index (χ4n) is 1.61. The predicted molar refractivity (Wildman–Crippen MR) is 74.1 cm³/mol. The molecular formula is C12H10BrClFNS. The van der Waals surface area contributed by atoms with Crippen molar-refractivity contribution >= 4 is 38.9 Å². The van der Waals surface area contributed by atoms with E-state index >= 15 is 0 Å². The Balaban J connectivity index is 2.25. The lowest BCUT2D eigenvalue weighted by atomic mass is 10.0. The Labute approximate surface area is 117 Å². The number of rotatable bonds is 3. The number of hydrogen-bond donors (Lipinski definition) is 1. The molecule has 1 nitrogen and oxygen atoms in total. The van der Waals surface area contributed by atoms with Gasteiger partial charge in [-0.15, -0.1) is 11.3 Å². The van der Waals surface area contributed by atoms with Gasteiger partial charge in [-0.3, -0.25) is 0 Å². The van der Waals surface area contributed by atoms with Crippen molar-refractivity contribution in [3.05, 3.63) is 55.4 Å². The topological polar surface area (TPSA) is 26.0 Å². The molecule has 0 aliphatic carbocycles. The highest BCUT2D eigenvalue weighted by molar-refractivity contribution is 9.10. The Morgan fingerprint density at radius 1 is 1.41 bits per heavy atom. The van der Waals surface area contributed by atoms with Crippen LogP contribution in [0.5, 0.6) is 0 Å². The highest BCUT2D eigenvalue weighted by Crippen LogP contribution is 2.31. The van der Waals surface area contributed by atoms with Gasteiger partial charge < -0.3 is 5.73 Å². The van der Waals surface area contributed by atoms with E-state index in [2.05, 4.69) is 15.9 Å². The molecule has 1 unspecified atom stereocenters. The van der Waals surface area contributed by atoms with Crippen molar-refractivity contribution in [2.45, 2.75) is 12.5 Å². The van der Waals surface area contributed by atoms with Crippen LogP contribution < -0.4 is 5.73 Å². The highest BCUT2D eigenvalue weighted by atomic mass is 79.9. The lowest BCUT2D eigenvalue weighted by Gasteiger charge is -2.12. The number of thiophene rings is 1. The summed E-state index contributed by atoms with van der Waals surface area (Å²) in [6.45, 7) is 0. The second-order valence-corrected chi connectivity index (χ2v) is 5.85. The minimum absolute atomic E-state index is 0.251. The monoisotopic (exact) mass is 333 g/mol. The lowest BCUT2D eigenvalue weighted by Crippen LogP contribution is -2.13. The van der Waals surface area contributed by atoms with E-state index in [-0.39, 0.29) is 11.9 Å². The Morgan fingerprint density at radius 3 is 2.76 bits per heavy atom. The zero-order chi connectivity index (χ0) is 12.4. The van der Waals surface area contributed by atoms with Crippen LogP contribution in [0, 0.1) is 5.82 Å². The summed E-state index contributed by atoms with van der Waals surface area (Å²) in [5.41, 5.74) is 6.54. The largest absolute Gasteiger partial charge is 0.323 e. The molecule has 0 amide bonds. The molecule has 0 aliphatic heterocycles. The average molecular weight is 335 g/mol. The van der Waals surface area contributed by atoms with Crippen molar-refractivity contribution in [2.24, 2.45) is 5.73 Å². The first-order valence-corrected chi connectivity index (χ1v) is 7.06. The lowest BCUT2D eigenvalue weighted by molar-refractivity contribution is 0.595. The van der Waals surface area contributed by atoms with Gasteiger partial charge in [0, 0.05) is 26.0 Å². The summed E-state index contributed by atoms with van der Waals surface area (Å²) in [5, 5.41) is 2.37. The number of benzene rings is 1. The van der Waals surface area contributed by atoms with Crippen LogP contribution >= 0.6 is 38.9 Å². The first-order valence-electron chi connectivity index (χ1n) is 5.01. The van der Waals surface area contributed by atoms with E-state index < -0.39 is 0 Å². The van der Waals surface area contributed by atoms with Crippen LogP contribution in [-0.4, -0.2) is 0 Å². The first kappa shape index (κ1) is 13.0. The summed E-state index contributed by atoms with van der Waals surface area (Å²) in [6, 6.07) is 6.35. The second kappa shape index (κ2) is 5.48. The van der Waals surface area contributed by atoms with E-state index in [9.17, 15) is 4.39 Å². The van der Waals surface area contributed by atoms with Crippen molar-refractivity contribution in [3.8, 4) is 0 Å². The molecule has 1 heterocycles. The third-order valence-corrected chi connectivity index (χ3v) is 4.82. The van der Waals surface area contributed by atoms with Crippen LogP contribution in [0.2, 0.25) is 5.02 Å². The van der Waals surface area contributed by atoms with Gasteiger partial charge in [-0.25, -0.2) is 4.39 Å². The second-order valence-electron chi connectivity index (χ2n) is 3.64. The van der Waals surface area contributed by atoms with E-state index in [1.54, 1.807) is 23.5 Å². The normalized spacial score (nSPS) is 12.7. The van der Waals surface area contributed by atoms with Crippen molar-refractivity contribution in [2.75, 3.05) is 0 Å². The third kappa shape index (κ3) is 2.88. The summed E-state index contributed by atoms with van der Waals surface area (Å²) < 4.78 is 14.6. The molecule has 2 aromatic rings. The summed E-state index contributed by atoms with van der Waals surface area (Å²) >= 11 is 10.9. The van der Waals surface area contributed by atoms with Gasteiger partial charge >= 0.3 is 0 Å². The van der Waals surface area contributed by atoms with E-state index in [1.165, 1.54) is 6.07 Å².